The minimum atomic E-state index is -0.704. The molecule has 0 radical (unpaired) electrons. The highest BCUT2D eigenvalue weighted by Gasteiger charge is 2.16. The molecule has 98 valence electrons. The van der Waals surface area contributed by atoms with Gasteiger partial charge in [0.15, 0.2) is 0 Å². The fraction of sp³-hybridized carbons (Fsp3) is 1.00. The highest BCUT2D eigenvalue weighted by atomic mass is 16.3. The molecule has 16 heavy (non-hydrogen) atoms. The van der Waals surface area contributed by atoms with Crippen molar-refractivity contribution in [3.05, 3.63) is 0 Å². The van der Waals surface area contributed by atoms with Crippen molar-refractivity contribution in [1.82, 2.24) is 16.0 Å². The molecule has 0 fully saturated rings. The molecular weight excluding hydrogens is 214 g/mol. The van der Waals surface area contributed by atoms with Crippen molar-refractivity contribution in [2.45, 2.75) is 12.3 Å². The van der Waals surface area contributed by atoms with Gasteiger partial charge in [0.1, 0.15) is 0 Å². The first-order valence-electron chi connectivity index (χ1n) is 5.44. The lowest BCUT2D eigenvalue weighted by molar-refractivity contribution is 0.101. The minimum Gasteiger partial charge on any atom is -0.395 e. The smallest absolute Gasteiger partial charge is 0.0948 e. The van der Waals surface area contributed by atoms with Gasteiger partial charge in [-0.3, -0.25) is 10.6 Å². The van der Waals surface area contributed by atoms with Crippen molar-refractivity contribution < 1.29 is 20.4 Å². The predicted molar refractivity (Wildman–Crippen MR) is 59.9 cm³/mol. The van der Waals surface area contributed by atoms with Crippen LogP contribution in [0.3, 0.4) is 0 Å². The van der Waals surface area contributed by atoms with Crippen molar-refractivity contribution in [3.8, 4) is 0 Å². The zero-order chi connectivity index (χ0) is 12.2. The molecule has 0 aromatic rings. The van der Waals surface area contributed by atoms with Crippen LogP contribution in [0.2, 0.25) is 0 Å². The molecule has 7 heteroatoms. The Hall–Kier alpha value is -0.280. The fourth-order valence-electron chi connectivity index (χ4n) is 1.23. The number of hydrogen-bond donors (Lipinski definition) is 7. The average molecular weight is 237 g/mol. The maximum absolute atomic E-state index is 9.76. The zero-order valence-electron chi connectivity index (χ0n) is 9.39. The normalized spacial score (nSPS) is 13.3. The molecule has 0 aromatic carbocycles. The van der Waals surface area contributed by atoms with Gasteiger partial charge in [-0.15, -0.1) is 0 Å². The maximum atomic E-state index is 9.76. The predicted octanol–water partition coefficient (Wildman–Crippen LogP) is -3.58. The minimum absolute atomic E-state index is 0.0194. The number of rotatable bonds is 11. The summed E-state index contributed by atoms with van der Waals surface area (Å²) in [7, 11) is 0. The van der Waals surface area contributed by atoms with E-state index in [9.17, 15) is 5.11 Å². The number of nitrogens with one attached hydrogen (secondary N) is 3. The Balaban J connectivity index is 3.83. The van der Waals surface area contributed by atoms with Crippen LogP contribution in [-0.4, -0.2) is 78.7 Å². The molecule has 1 unspecified atom stereocenters. The lowest BCUT2D eigenvalue weighted by atomic mass is 10.2. The van der Waals surface area contributed by atoms with Gasteiger partial charge < -0.3 is 25.7 Å². The molecule has 0 saturated carbocycles. The van der Waals surface area contributed by atoms with Crippen LogP contribution in [-0.2, 0) is 0 Å². The van der Waals surface area contributed by atoms with E-state index in [0.717, 1.165) is 0 Å². The lowest BCUT2D eigenvalue weighted by Crippen LogP contribution is -2.55. The second kappa shape index (κ2) is 11.2. The van der Waals surface area contributed by atoms with Crippen molar-refractivity contribution in [1.29, 1.82) is 0 Å². The Morgan fingerprint density at radius 2 is 1.31 bits per heavy atom. The van der Waals surface area contributed by atoms with Crippen molar-refractivity contribution in [3.63, 3.8) is 0 Å². The molecule has 0 amide bonds. The Morgan fingerprint density at radius 3 is 1.75 bits per heavy atom. The topological polar surface area (TPSA) is 117 Å². The third kappa shape index (κ3) is 7.94. The van der Waals surface area contributed by atoms with E-state index in [1.165, 1.54) is 0 Å². The first kappa shape index (κ1) is 15.7. The standard InChI is InChI=1S/C9H23N3O4/c13-4-1-10-7-8(16)9(11-2-5-14)12-3-6-15/h8-16H,1-7H2. The van der Waals surface area contributed by atoms with Crippen molar-refractivity contribution in [2.24, 2.45) is 0 Å². The third-order valence-electron chi connectivity index (χ3n) is 1.98. The van der Waals surface area contributed by atoms with Gasteiger partial charge in [0.2, 0.25) is 0 Å². The van der Waals surface area contributed by atoms with E-state index in [2.05, 4.69) is 16.0 Å². The highest BCUT2D eigenvalue weighted by Crippen LogP contribution is 1.88. The Bertz CT molecular complexity index is 143. The molecule has 0 bridgehead atoms. The number of aliphatic hydroxyl groups excluding tert-OH is 4. The second-order valence-electron chi connectivity index (χ2n) is 3.33. The van der Waals surface area contributed by atoms with Crippen LogP contribution < -0.4 is 16.0 Å². The first-order chi connectivity index (χ1) is 7.76. The summed E-state index contributed by atoms with van der Waals surface area (Å²) in [5, 5.41) is 44.3. The molecule has 0 heterocycles. The van der Waals surface area contributed by atoms with Crippen LogP contribution in [0.4, 0.5) is 0 Å². The molecular formula is C9H23N3O4. The lowest BCUT2D eigenvalue weighted by Gasteiger charge is -2.25. The van der Waals surface area contributed by atoms with Crippen molar-refractivity contribution in [2.75, 3.05) is 46.0 Å². The Morgan fingerprint density at radius 1 is 0.812 bits per heavy atom. The molecule has 1 atom stereocenters. The SMILES string of the molecule is OCCNCC(O)C(NCCO)NCCO. The van der Waals surface area contributed by atoms with Gasteiger partial charge in [0.05, 0.1) is 32.1 Å². The van der Waals surface area contributed by atoms with E-state index in [0.29, 0.717) is 26.2 Å². The van der Waals surface area contributed by atoms with Gasteiger partial charge >= 0.3 is 0 Å². The van der Waals surface area contributed by atoms with Gasteiger partial charge in [-0.2, -0.15) is 0 Å². The zero-order valence-corrected chi connectivity index (χ0v) is 9.39. The van der Waals surface area contributed by atoms with Gasteiger partial charge in [-0.05, 0) is 0 Å². The summed E-state index contributed by atoms with van der Waals surface area (Å²) in [4.78, 5) is 0. The van der Waals surface area contributed by atoms with E-state index >= 15 is 0 Å². The molecule has 0 rings (SSSR count). The van der Waals surface area contributed by atoms with Crippen LogP contribution in [0.5, 0.6) is 0 Å². The molecule has 7 N–H and O–H groups in total. The van der Waals surface area contributed by atoms with Crippen LogP contribution >= 0.6 is 0 Å². The summed E-state index contributed by atoms with van der Waals surface area (Å²) in [6.07, 6.45) is -1.10. The second-order valence-corrected chi connectivity index (χ2v) is 3.33. The molecule has 0 spiro atoms. The molecule has 0 aromatic heterocycles. The third-order valence-corrected chi connectivity index (χ3v) is 1.98. The monoisotopic (exact) mass is 237 g/mol. The molecule has 0 aliphatic heterocycles. The fourth-order valence-corrected chi connectivity index (χ4v) is 1.23. The van der Waals surface area contributed by atoms with Crippen LogP contribution in [0.1, 0.15) is 0 Å². The molecule has 0 aliphatic carbocycles. The quantitative estimate of drug-likeness (QED) is 0.147. The van der Waals surface area contributed by atoms with Gasteiger partial charge in [-0.1, -0.05) is 0 Å². The van der Waals surface area contributed by atoms with E-state index in [-0.39, 0.29) is 19.8 Å². The van der Waals surface area contributed by atoms with E-state index < -0.39 is 12.3 Å². The Labute approximate surface area is 95.5 Å². The Kier molecular flexibility index (Phi) is 11.0. The van der Waals surface area contributed by atoms with Gasteiger partial charge in [0, 0.05) is 26.2 Å². The summed E-state index contributed by atoms with van der Waals surface area (Å²) in [5.74, 6) is 0. The summed E-state index contributed by atoms with van der Waals surface area (Å²) in [5.41, 5.74) is 0. The highest BCUT2D eigenvalue weighted by molar-refractivity contribution is 4.75. The van der Waals surface area contributed by atoms with E-state index in [1.807, 2.05) is 0 Å². The number of hydrogen-bond acceptors (Lipinski definition) is 7. The van der Waals surface area contributed by atoms with Gasteiger partial charge in [0.25, 0.3) is 0 Å². The van der Waals surface area contributed by atoms with E-state index in [1.54, 1.807) is 0 Å². The molecule has 0 aliphatic rings. The summed E-state index contributed by atoms with van der Waals surface area (Å²) < 4.78 is 0. The van der Waals surface area contributed by atoms with Crippen LogP contribution in [0.25, 0.3) is 0 Å². The summed E-state index contributed by atoms with van der Waals surface area (Å²) in [6, 6.07) is 0. The summed E-state index contributed by atoms with van der Waals surface area (Å²) in [6.45, 7) is 1.44. The largest absolute Gasteiger partial charge is 0.395 e. The average Bonchev–Trinajstić information content (AvgIpc) is 2.29. The van der Waals surface area contributed by atoms with Crippen molar-refractivity contribution >= 4 is 0 Å². The van der Waals surface area contributed by atoms with E-state index in [4.69, 9.17) is 15.3 Å². The molecule has 7 nitrogen and oxygen atoms in total. The first-order valence-corrected chi connectivity index (χ1v) is 5.44. The maximum Gasteiger partial charge on any atom is 0.0948 e. The molecule has 0 saturated heterocycles. The number of aliphatic hydroxyl groups is 4. The van der Waals surface area contributed by atoms with Crippen LogP contribution in [0.15, 0.2) is 0 Å². The summed E-state index contributed by atoms with van der Waals surface area (Å²) >= 11 is 0. The van der Waals surface area contributed by atoms with Gasteiger partial charge in [-0.25, -0.2) is 0 Å². The van der Waals surface area contributed by atoms with Crippen LogP contribution in [0, 0.1) is 0 Å².